The van der Waals surface area contributed by atoms with E-state index in [4.69, 9.17) is 9.47 Å². The maximum absolute atomic E-state index is 11.9. The lowest BCUT2D eigenvalue weighted by Crippen LogP contribution is -2.24. The number of benzene rings is 2. The Labute approximate surface area is 144 Å². The topological polar surface area (TPSA) is 38.8 Å². The molecular weight excluding hydrogens is 358 g/mol. The van der Waals surface area contributed by atoms with E-state index in [1.54, 1.807) is 13.2 Å². The maximum atomic E-state index is 11.9. The number of anilines is 2. The standard InChI is InChI=1S/C18H18BrNO3/c1-22-16-5-6-17-12(10-16)4-3-7-20(17)15-9-13(18(21)23-2)8-14(19)11-15/h5-6,8-11H,3-4,7H2,1-2H3. The van der Waals surface area contributed by atoms with Crippen LogP contribution in [0.15, 0.2) is 40.9 Å². The van der Waals surface area contributed by atoms with Crippen molar-refractivity contribution in [2.45, 2.75) is 12.8 Å². The number of hydrogen-bond donors (Lipinski definition) is 0. The number of esters is 1. The zero-order chi connectivity index (χ0) is 16.4. The highest BCUT2D eigenvalue weighted by molar-refractivity contribution is 9.10. The van der Waals surface area contributed by atoms with Crippen molar-refractivity contribution in [1.29, 1.82) is 0 Å². The van der Waals surface area contributed by atoms with Crippen molar-refractivity contribution in [2.75, 3.05) is 25.7 Å². The molecule has 0 spiro atoms. The van der Waals surface area contributed by atoms with Gasteiger partial charge in [0.2, 0.25) is 0 Å². The van der Waals surface area contributed by atoms with Gasteiger partial charge in [-0.05, 0) is 54.8 Å². The molecule has 23 heavy (non-hydrogen) atoms. The summed E-state index contributed by atoms with van der Waals surface area (Å²) in [7, 11) is 3.07. The van der Waals surface area contributed by atoms with E-state index in [1.165, 1.54) is 12.7 Å². The van der Waals surface area contributed by atoms with Gasteiger partial charge in [-0.1, -0.05) is 15.9 Å². The number of aryl methyl sites for hydroxylation is 1. The van der Waals surface area contributed by atoms with E-state index >= 15 is 0 Å². The third-order valence-electron chi connectivity index (χ3n) is 4.02. The van der Waals surface area contributed by atoms with Gasteiger partial charge in [-0.3, -0.25) is 0 Å². The van der Waals surface area contributed by atoms with Crippen LogP contribution in [0.4, 0.5) is 11.4 Å². The van der Waals surface area contributed by atoms with E-state index in [-0.39, 0.29) is 5.97 Å². The minimum absolute atomic E-state index is 0.334. The second-order valence-electron chi connectivity index (χ2n) is 5.44. The van der Waals surface area contributed by atoms with Gasteiger partial charge in [-0.25, -0.2) is 4.79 Å². The van der Waals surface area contributed by atoms with E-state index in [0.29, 0.717) is 5.56 Å². The van der Waals surface area contributed by atoms with Gasteiger partial charge in [0, 0.05) is 22.4 Å². The zero-order valence-corrected chi connectivity index (χ0v) is 14.7. The second-order valence-corrected chi connectivity index (χ2v) is 6.36. The highest BCUT2D eigenvalue weighted by Crippen LogP contribution is 2.37. The summed E-state index contributed by atoms with van der Waals surface area (Å²) in [6.45, 7) is 0.913. The summed E-state index contributed by atoms with van der Waals surface area (Å²) in [5.41, 5.74) is 3.93. The fourth-order valence-electron chi connectivity index (χ4n) is 2.93. The molecule has 5 heteroatoms. The number of nitrogens with zero attached hydrogens (tertiary/aromatic N) is 1. The van der Waals surface area contributed by atoms with Crippen molar-refractivity contribution in [2.24, 2.45) is 0 Å². The third kappa shape index (κ3) is 3.20. The minimum Gasteiger partial charge on any atom is -0.497 e. The summed E-state index contributed by atoms with van der Waals surface area (Å²) in [5, 5.41) is 0. The molecule has 0 unspecified atom stereocenters. The lowest BCUT2D eigenvalue weighted by molar-refractivity contribution is 0.0600. The molecule has 4 nitrogen and oxygen atoms in total. The Hall–Kier alpha value is -2.01. The maximum Gasteiger partial charge on any atom is 0.337 e. The number of methoxy groups -OCH3 is 2. The molecule has 0 bridgehead atoms. The van der Waals surface area contributed by atoms with Crippen LogP contribution >= 0.6 is 15.9 Å². The first-order valence-corrected chi connectivity index (χ1v) is 8.25. The lowest BCUT2D eigenvalue weighted by Gasteiger charge is -2.32. The quantitative estimate of drug-likeness (QED) is 0.748. The molecular formula is C18H18BrNO3. The second kappa shape index (κ2) is 6.62. The van der Waals surface area contributed by atoms with Crippen LogP contribution < -0.4 is 9.64 Å². The Morgan fingerprint density at radius 3 is 2.74 bits per heavy atom. The fourth-order valence-corrected chi connectivity index (χ4v) is 3.42. The third-order valence-corrected chi connectivity index (χ3v) is 4.48. The Kier molecular flexibility index (Phi) is 4.57. The van der Waals surface area contributed by atoms with Crippen LogP contribution in [0.3, 0.4) is 0 Å². The highest BCUT2D eigenvalue weighted by atomic mass is 79.9. The first-order valence-electron chi connectivity index (χ1n) is 7.45. The zero-order valence-electron chi connectivity index (χ0n) is 13.1. The normalized spacial score (nSPS) is 13.4. The van der Waals surface area contributed by atoms with Crippen LogP contribution in [0.5, 0.6) is 5.75 Å². The van der Waals surface area contributed by atoms with Crippen molar-refractivity contribution >= 4 is 33.3 Å². The largest absolute Gasteiger partial charge is 0.497 e. The van der Waals surface area contributed by atoms with Gasteiger partial charge in [0.1, 0.15) is 5.75 Å². The van der Waals surface area contributed by atoms with E-state index in [0.717, 1.165) is 41.0 Å². The number of carbonyl (C=O) groups excluding carboxylic acids is 1. The van der Waals surface area contributed by atoms with Crippen molar-refractivity contribution in [1.82, 2.24) is 0 Å². The number of rotatable bonds is 3. The predicted octanol–water partition coefficient (Wildman–Crippen LogP) is 4.33. The van der Waals surface area contributed by atoms with E-state index in [2.05, 4.69) is 33.0 Å². The Morgan fingerprint density at radius 2 is 2.00 bits per heavy atom. The molecule has 0 atom stereocenters. The van der Waals surface area contributed by atoms with Crippen molar-refractivity contribution in [3.8, 4) is 5.75 Å². The molecule has 0 radical (unpaired) electrons. The van der Waals surface area contributed by atoms with Crippen LogP contribution in [0.25, 0.3) is 0 Å². The van der Waals surface area contributed by atoms with Crippen LogP contribution in [0.1, 0.15) is 22.3 Å². The van der Waals surface area contributed by atoms with Gasteiger partial charge in [-0.2, -0.15) is 0 Å². The molecule has 3 rings (SSSR count). The molecule has 2 aromatic rings. The first kappa shape index (κ1) is 15.9. The van der Waals surface area contributed by atoms with Crippen LogP contribution in [-0.4, -0.2) is 26.7 Å². The molecule has 0 aliphatic carbocycles. The number of ether oxygens (including phenoxy) is 2. The SMILES string of the molecule is COC(=O)c1cc(Br)cc(N2CCCc3cc(OC)ccc32)c1. The van der Waals surface area contributed by atoms with E-state index < -0.39 is 0 Å². The van der Waals surface area contributed by atoms with Gasteiger partial charge in [-0.15, -0.1) is 0 Å². The summed E-state index contributed by atoms with van der Waals surface area (Å²) in [6, 6.07) is 11.8. The molecule has 0 aromatic heterocycles. The summed E-state index contributed by atoms with van der Waals surface area (Å²) >= 11 is 3.49. The Balaban J connectivity index is 2.04. The van der Waals surface area contributed by atoms with Gasteiger partial charge >= 0.3 is 5.97 Å². The molecule has 2 aromatic carbocycles. The van der Waals surface area contributed by atoms with Gasteiger partial charge in [0.05, 0.1) is 19.8 Å². The van der Waals surface area contributed by atoms with Crippen LogP contribution in [0, 0.1) is 0 Å². The molecule has 1 aliphatic rings. The molecule has 0 saturated carbocycles. The molecule has 1 heterocycles. The first-order chi connectivity index (χ1) is 11.1. The Bertz CT molecular complexity index is 745. The van der Waals surface area contributed by atoms with Gasteiger partial charge in [0.25, 0.3) is 0 Å². The molecule has 0 amide bonds. The fraction of sp³-hybridized carbons (Fsp3) is 0.278. The average Bonchev–Trinajstić information content (AvgIpc) is 2.59. The van der Waals surface area contributed by atoms with Crippen molar-refractivity contribution in [3.05, 3.63) is 52.0 Å². The molecule has 0 fully saturated rings. The number of hydrogen-bond acceptors (Lipinski definition) is 4. The molecule has 0 saturated heterocycles. The summed E-state index contributed by atoms with van der Waals surface area (Å²) < 4.78 is 11.0. The average molecular weight is 376 g/mol. The number of halogens is 1. The summed E-state index contributed by atoms with van der Waals surface area (Å²) in [4.78, 5) is 14.1. The van der Waals surface area contributed by atoms with E-state index in [1.807, 2.05) is 18.2 Å². The Morgan fingerprint density at radius 1 is 1.17 bits per heavy atom. The molecule has 1 aliphatic heterocycles. The lowest BCUT2D eigenvalue weighted by atomic mass is 10.0. The number of carbonyl (C=O) groups is 1. The van der Waals surface area contributed by atoms with Gasteiger partial charge in [0.15, 0.2) is 0 Å². The van der Waals surface area contributed by atoms with Crippen molar-refractivity contribution < 1.29 is 14.3 Å². The summed E-state index contributed by atoms with van der Waals surface area (Å²) in [5.74, 6) is 0.537. The van der Waals surface area contributed by atoms with Crippen LogP contribution in [0.2, 0.25) is 0 Å². The smallest absolute Gasteiger partial charge is 0.337 e. The molecule has 0 N–H and O–H groups in total. The monoisotopic (exact) mass is 375 g/mol. The minimum atomic E-state index is -0.334. The summed E-state index contributed by atoms with van der Waals surface area (Å²) in [6.07, 6.45) is 2.08. The van der Waals surface area contributed by atoms with Crippen LogP contribution in [-0.2, 0) is 11.2 Å². The highest BCUT2D eigenvalue weighted by Gasteiger charge is 2.20. The van der Waals surface area contributed by atoms with Gasteiger partial charge < -0.3 is 14.4 Å². The predicted molar refractivity (Wildman–Crippen MR) is 93.8 cm³/mol. The van der Waals surface area contributed by atoms with Crippen molar-refractivity contribution in [3.63, 3.8) is 0 Å². The number of fused-ring (bicyclic) bond motifs is 1. The van der Waals surface area contributed by atoms with E-state index in [9.17, 15) is 4.79 Å². The molecule has 120 valence electrons.